The number of hydrogen-bond acceptors (Lipinski definition) is 7. The second-order valence-corrected chi connectivity index (χ2v) is 7.98. The van der Waals surface area contributed by atoms with Crippen LogP contribution in [0.15, 0.2) is 39.8 Å². The lowest BCUT2D eigenvalue weighted by Gasteiger charge is -2.21. The molecule has 8 heteroatoms. The highest BCUT2D eigenvalue weighted by molar-refractivity contribution is 5.80. The number of aromatic nitrogens is 4. The van der Waals surface area contributed by atoms with Gasteiger partial charge >= 0.3 is 5.63 Å². The molecular weight excluding hydrogens is 380 g/mol. The van der Waals surface area contributed by atoms with Gasteiger partial charge in [0.05, 0.1) is 22.6 Å². The van der Waals surface area contributed by atoms with E-state index < -0.39 is 5.63 Å². The Kier molecular flexibility index (Phi) is 4.51. The first-order valence-electron chi connectivity index (χ1n) is 10.2. The van der Waals surface area contributed by atoms with Crippen LogP contribution in [0.2, 0.25) is 0 Å². The molecule has 1 fully saturated rings. The van der Waals surface area contributed by atoms with Crippen molar-refractivity contribution in [2.24, 2.45) is 0 Å². The van der Waals surface area contributed by atoms with Crippen molar-refractivity contribution < 1.29 is 4.42 Å². The Labute approximate surface area is 173 Å². The summed E-state index contributed by atoms with van der Waals surface area (Å²) >= 11 is 0. The molecule has 1 aliphatic rings. The Morgan fingerprint density at radius 1 is 1.00 bits per heavy atom. The number of imidazole rings is 1. The van der Waals surface area contributed by atoms with Gasteiger partial charge in [-0.3, -0.25) is 4.98 Å². The summed E-state index contributed by atoms with van der Waals surface area (Å²) < 4.78 is 7.51. The lowest BCUT2D eigenvalue weighted by atomic mass is 10.2. The van der Waals surface area contributed by atoms with E-state index in [4.69, 9.17) is 4.42 Å². The van der Waals surface area contributed by atoms with E-state index in [9.17, 15) is 4.79 Å². The maximum absolute atomic E-state index is 12.8. The second-order valence-electron chi connectivity index (χ2n) is 7.98. The Balaban J connectivity index is 1.54. The standard InChI is InChI=1S/C22H24N6O2/c1-14-12-28-13-18(24-20(28)15(2)23-14)17-11-16-5-6-19(25-21(16)30-22(17)29)27-8-4-7-26(3)9-10-27/h5-6,11-13H,4,7-10H2,1-3H3. The molecule has 154 valence electrons. The van der Waals surface area contributed by atoms with E-state index in [2.05, 4.69) is 31.8 Å². The van der Waals surface area contributed by atoms with Gasteiger partial charge in [-0.15, -0.1) is 0 Å². The summed E-state index contributed by atoms with van der Waals surface area (Å²) in [5.41, 5.74) is 3.36. The van der Waals surface area contributed by atoms with E-state index in [0.29, 0.717) is 17.0 Å². The molecule has 0 aliphatic carbocycles. The minimum atomic E-state index is -0.437. The van der Waals surface area contributed by atoms with Crippen molar-refractivity contribution in [2.75, 3.05) is 38.1 Å². The summed E-state index contributed by atoms with van der Waals surface area (Å²) in [5, 5.41) is 0.781. The highest BCUT2D eigenvalue weighted by Gasteiger charge is 2.17. The van der Waals surface area contributed by atoms with Crippen LogP contribution in [0.5, 0.6) is 0 Å². The number of nitrogens with zero attached hydrogens (tertiary/aromatic N) is 6. The van der Waals surface area contributed by atoms with Gasteiger partial charge in [0, 0.05) is 37.4 Å². The molecule has 0 N–H and O–H groups in total. The first-order chi connectivity index (χ1) is 14.5. The second kappa shape index (κ2) is 7.21. The molecule has 1 aliphatic heterocycles. The zero-order chi connectivity index (χ0) is 20.8. The molecular formula is C22H24N6O2. The van der Waals surface area contributed by atoms with E-state index in [-0.39, 0.29) is 0 Å². The first kappa shape index (κ1) is 18.7. The van der Waals surface area contributed by atoms with Gasteiger partial charge in [0.25, 0.3) is 0 Å². The normalized spacial score (nSPS) is 15.8. The summed E-state index contributed by atoms with van der Waals surface area (Å²) in [6, 6.07) is 5.77. The molecule has 1 saturated heterocycles. The molecule has 4 aromatic heterocycles. The molecule has 5 rings (SSSR count). The molecule has 0 radical (unpaired) electrons. The van der Waals surface area contributed by atoms with Gasteiger partial charge in [0.2, 0.25) is 5.71 Å². The third kappa shape index (κ3) is 3.33. The number of fused-ring (bicyclic) bond motifs is 2. The largest absolute Gasteiger partial charge is 0.403 e. The van der Waals surface area contributed by atoms with Crippen molar-refractivity contribution in [3.8, 4) is 11.3 Å². The number of hydrogen-bond donors (Lipinski definition) is 0. The van der Waals surface area contributed by atoms with Crippen LogP contribution < -0.4 is 10.5 Å². The van der Waals surface area contributed by atoms with Crippen LogP contribution in [0.1, 0.15) is 17.8 Å². The summed E-state index contributed by atoms with van der Waals surface area (Å²) in [6.07, 6.45) is 4.82. The van der Waals surface area contributed by atoms with Crippen LogP contribution in [0.4, 0.5) is 5.82 Å². The Hall–Kier alpha value is -3.26. The SMILES string of the molecule is Cc1cn2cc(-c3cc4ccc(N5CCCN(C)CC5)nc4oc3=O)nc2c(C)n1. The number of aryl methyl sites for hydroxylation is 2. The molecule has 0 atom stereocenters. The van der Waals surface area contributed by atoms with E-state index >= 15 is 0 Å². The molecule has 8 nitrogen and oxygen atoms in total. The van der Waals surface area contributed by atoms with Gasteiger partial charge in [-0.05, 0) is 52.1 Å². The van der Waals surface area contributed by atoms with Crippen molar-refractivity contribution >= 4 is 22.6 Å². The van der Waals surface area contributed by atoms with Crippen LogP contribution in [0, 0.1) is 13.8 Å². The van der Waals surface area contributed by atoms with Gasteiger partial charge < -0.3 is 18.6 Å². The number of anilines is 1. The highest BCUT2D eigenvalue weighted by Crippen LogP contribution is 2.23. The van der Waals surface area contributed by atoms with E-state index in [1.807, 2.05) is 48.8 Å². The van der Waals surface area contributed by atoms with Crippen molar-refractivity contribution in [1.82, 2.24) is 24.3 Å². The van der Waals surface area contributed by atoms with Gasteiger partial charge in [-0.25, -0.2) is 9.78 Å². The van der Waals surface area contributed by atoms with E-state index in [1.54, 1.807) is 0 Å². The Morgan fingerprint density at radius 3 is 2.73 bits per heavy atom. The monoisotopic (exact) mass is 404 g/mol. The maximum Gasteiger partial charge on any atom is 0.347 e. The molecule has 4 aromatic rings. The van der Waals surface area contributed by atoms with Crippen LogP contribution >= 0.6 is 0 Å². The fraction of sp³-hybridized carbons (Fsp3) is 0.364. The number of rotatable bonds is 2. The van der Waals surface area contributed by atoms with E-state index in [0.717, 1.165) is 60.8 Å². The minimum Gasteiger partial charge on any atom is -0.403 e. The van der Waals surface area contributed by atoms with Gasteiger partial charge in [-0.2, -0.15) is 4.98 Å². The van der Waals surface area contributed by atoms with Crippen LogP contribution in [-0.2, 0) is 0 Å². The quantitative estimate of drug-likeness (QED) is 0.508. The lowest BCUT2D eigenvalue weighted by molar-refractivity contribution is 0.360. The van der Waals surface area contributed by atoms with Crippen molar-refractivity contribution in [3.63, 3.8) is 0 Å². The van der Waals surface area contributed by atoms with Crippen LogP contribution in [0.25, 0.3) is 28.0 Å². The predicted molar refractivity (Wildman–Crippen MR) is 116 cm³/mol. The van der Waals surface area contributed by atoms with Gasteiger partial charge in [-0.1, -0.05) is 0 Å². The third-order valence-corrected chi connectivity index (χ3v) is 5.63. The maximum atomic E-state index is 12.8. The summed E-state index contributed by atoms with van der Waals surface area (Å²) in [6.45, 7) is 7.76. The van der Waals surface area contributed by atoms with Crippen molar-refractivity contribution in [2.45, 2.75) is 20.3 Å². The zero-order valence-corrected chi connectivity index (χ0v) is 17.4. The highest BCUT2D eigenvalue weighted by atomic mass is 16.4. The molecule has 5 heterocycles. The topological polar surface area (TPSA) is 79.8 Å². The molecule has 0 amide bonds. The lowest BCUT2D eigenvalue weighted by Crippen LogP contribution is -2.29. The minimum absolute atomic E-state index is 0.358. The van der Waals surface area contributed by atoms with Crippen LogP contribution in [0.3, 0.4) is 0 Å². The fourth-order valence-corrected chi connectivity index (χ4v) is 4.05. The molecule has 30 heavy (non-hydrogen) atoms. The summed E-state index contributed by atoms with van der Waals surface area (Å²) in [4.78, 5) is 31.0. The van der Waals surface area contributed by atoms with Gasteiger partial charge in [0.15, 0.2) is 5.65 Å². The molecule has 0 aromatic carbocycles. The van der Waals surface area contributed by atoms with E-state index in [1.165, 1.54) is 0 Å². The molecule has 0 unspecified atom stereocenters. The third-order valence-electron chi connectivity index (χ3n) is 5.63. The summed E-state index contributed by atoms with van der Waals surface area (Å²) in [7, 11) is 2.14. The first-order valence-corrected chi connectivity index (χ1v) is 10.2. The predicted octanol–water partition coefficient (Wildman–Crippen LogP) is 2.66. The Morgan fingerprint density at radius 2 is 1.87 bits per heavy atom. The fourth-order valence-electron chi connectivity index (χ4n) is 4.05. The van der Waals surface area contributed by atoms with Crippen LogP contribution in [-0.4, -0.2) is 57.5 Å². The Bertz CT molecular complexity index is 1310. The average Bonchev–Trinajstić information content (AvgIpc) is 3.01. The number of pyridine rings is 1. The zero-order valence-electron chi connectivity index (χ0n) is 17.4. The molecule has 0 saturated carbocycles. The van der Waals surface area contributed by atoms with Crippen molar-refractivity contribution in [1.29, 1.82) is 0 Å². The smallest absolute Gasteiger partial charge is 0.347 e. The molecule has 0 bridgehead atoms. The number of likely N-dealkylation sites (N-methyl/N-ethyl adjacent to an activating group) is 1. The molecule has 0 spiro atoms. The van der Waals surface area contributed by atoms with Crippen molar-refractivity contribution in [3.05, 3.63) is 52.4 Å². The average molecular weight is 404 g/mol. The van der Waals surface area contributed by atoms with Gasteiger partial charge in [0.1, 0.15) is 5.82 Å². The summed E-state index contributed by atoms with van der Waals surface area (Å²) in [5.74, 6) is 0.846.